The minimum absolute atomic E-state index is 0.0714. The molecule has 2 rings (SSSR count). The first-order valence-corrected chi connectivity index (χ1v) is 8.13. The molecule has 1 amide bonds. The number of nitrogens with one attached hydrogen (secondary N) is 1. The molecule has 28 heavy (non-hydrogen) atoms. The SMILES string of the molecule is COc1cccc(C[C@H](NC(=O)[C@@H](O)c2ccc(C(F)(F)F)cc2)C(=O)O)c1. The van der Waals surface area contributed by atoms with Gasteiger partial charge in [0.15, 0.2) is 6.10 Å². The molecule has 0 spiro atoms. The van der Waals surface area contributed by atoms with E-state index in [2.05, 4.69) is 5.32 Å². The van der Waals surface area contributed by atoms with Gasteiger partial charge < -0.3 is 20.3 Å². The number of halogens is 3. The molecule has 9 heteroatoms. The molecular weight excluding hydrogens is 379 g/mol. The Hall–Kier alpha value is -3.07. The van der Waals surface area contributed by atoms with Crippen LogP contribution in [0.2, 0.25) is 0 Å². The lowest BCUT2D eigenvalue weighted by molar-refractivity contribution is -0.143. The molecule has 0 saturated heterocycles. The van der Waals surface area contributed by atoms with E-state index in [1.165, 1.54) is 7.11 Å². The Morgan fingerprint density at radius 1 is 1.14 bits per heavy atom. The molecule has 0 unspecified atom stereocenters. The van der Waals surface area contributed by atoms with Crippen LogP contribution in [0.5, 0.6) is 5.75 Å². The van der Waals surface area contributed by atoms with Gasteiger partial charge in [0.05, 0.1) is 12.7 Å². The van der Waals surface area contributed by atoms with Gasteiger partial charge in [-0.3, -0.25) is 4.79 Å². The zero-order chi connectivity index (χ0) is 20.9. The van der Waals surface area contributed by atoms with E-state index in [9.17, 15) is 33.0 Å². The number of alkyl halides is 3. The number of aliphatic hydroxyl groups excluding tert-OH is 1. The van der Waals surface area contributed by atoms with E-state index in [0.717, 1.165) is 24.3 Å². The third-order valence-electron chi connectivity index (χ3n) is 3.99. The Kier molecular flexibility index (Phi) is 6.63. The van der Waals surface area contributed by atoms with Crippen LogP contribution in [-0.2, 0) is 22.2 Å². The van der Waals surface area contributed by atoms with Crippen molar-refractivity contribution in [3.8, 4) is 5.75 Å². The first-order valence-electron chi connectivity index (χ1n) is 8.13. The molecule has 2 aromatic carbocycles. The van der Waals surface area contributed by atoms with Crippen molar-refractivity contribution in [1.82, 2.24) is 5.32 Å². The van der Waals surface area contributed by atoms with Crippen molar-refractivity contribution < 1.29 is 37.7 Å². The summed E-state index contributed by atoms with van der Waals surface area (Å²) in [5.74, 6) is -1.84. The van der Waals surface area contributed by atoms with Crippen LogP contribution >= 0.6 is 0 Å². The third kappa shape index (κ3) is 5.46. The molecule has 0 saturated carbocycles. The zero-order valence-corrected chi connectivity index (χ0v) is 14.7. The fraction of sp³-hybridized carbons (Fsp3) is 0.263. The number of amides is 1. The highest BCUT2D eigenvalue weighted by atomic mass is 19.4. The molecule has 0 aliphatic rings. The highest BCUT2D eigenvalue weighted by Gasteiger charge is 2.31. The molecular formula is C19H18F3NO5. The van der Waals surface area contributed by atoms with Gasteiger partial charge in [-0.25, -0.2) is 4.79 Å². The standard InChI is InChI=1S/C19H18F3NO5/c1-28-14-4-2-3-11(9-14)10-15(18(26)27)23-17(25)16(24)12-5-7-13(8-6-12)19(20,21)22/h2-9,15-16,24H,10H2,1H3,(H,23,25)(H,26,27)/t15-,16-/m0/s1. The number of carbonyl (C=O) groups excluding carboxylic acids is 1. The van der Waals surface area contributed by atoms with Gasteiger partial charge in [0.1, 0.15) is 11.8 Å². The van der Waals surface area contributed by atoms with Crippen molar-refractivity contribution >= 4 is 11.9 Å². The van der Waals surface area contributed by atoms with E-state index in [0.29, 0.717) is 11.3 Å². The maximum Gasteiger partial charge on any atom is 0.416 e. The Morgan fingerprint density at radius 3 is 2.32 bits per heavy atom. The van der Waals surface area contributed by atoms with Crippen molar-refractivity contribution in [3.63, 3.8) is 0 Å². The molecule has 0 aromatic heterocycles. The van der Waals surface area contributed by atoms with Crippen molar-refractivity contribution in [2.24, 2.45) is 0 Å². The first kappa shape index (κ1) is 21.2. The number of carboxylic acids is 1. The second-order valence-electron chi connectivity index (χ2n) is 5.98. The Balaban J connectivity index is 2.09. The van der Waals surface area contributed by atoms with Crippen LogP contribution in [0.15, 0.2) is 48.5 Å². The van der Waals surface area contributed by atoms with Gasteiger partial charge in [-0.1, -0.05) is 24.3 Å². The normalized spacial score (nSPS) is 13.5. The number of hydrogen-bond acceptors (Lipinski definition) is 4. The number of methoxy groups -OCH3 is 1. The van der Waals surface area contributed by atoms with Crippen LogP contribution in [0.3, 0.4) is 0 Å². The fourth-order valence-corrected chi connectivity index (χ4v) is 2.49. The van der Waals surface area contributed by atoms with Crippen LogP contribution in [0.1, 0.15) is 22.8 Å². The van der Waals surface area contributed by atoms with E-state index in [1.807, 2.05) is 0 Å². The predicted molar refractivity (Wildman–Crippen MR) is 92.7 cm³/mol. The summed E-state index contributed by atoms with van der Waals surface area (Å²) >= 11 is 0. The molecule has 6 nitrogen and oxygen atoms in total. The van der Waals surface area contributed by atoms with Gasteiger partial charge in [-0.05, 0) is 35.4 Å². The van der Waals surface area contributed by atoms with Crippen molar-refractivity contribution in [2.45, 2.75) is 24.7 Å². The Labute approximate surface area is 158 Å². The van der Waals surface area contributed by atoms with Gasteiger partial charge >= 0.3 is 12.1 Å². The molecule has 0 fully saturated rings. The monoisotopic (exact) mass is 397 g/mol. The molecule has 3 N–H and O–H groups in total. The van der Waals surface area contributed by atoms with Gasteiger partial charge in [0.2, 0.25) is 0 Å². The maximum absolute atomic E-state index is 12.6. The molecule has 0 radical (unpaired) electrons. The summed E-state index contributed by atoms with van der Waals surface area (Å²) < 4.78 is 42.8. The van der Waals surface area contributed by atoms with Crippen LogP contribution in [0, 0.1) is 0 Å². The smallest absolute Gasteiger partial charge is 0.416 e. The Morgan fingerprint density at radius 2 is 1.79 bits per heavy atom. The fourth-order valence-electron chi connectivity index (χ4n) is 2.49. The summed E-state index contributed by atoms with van der Waals surface area (Å²) in [6, 6.07) is 8.64. The summed E-state index contributed by atoms with van der Waals surface area (Å²) in [6.07, 6.45) is -6.43. The minimum atomic E-state index is -4.54. The lowest BCUT2D eigenvalue weighted by atomic mass is 10.0. The number of benzene rings is 2. The zero-order valence-electron chi connectivity index (χ0n) is 14.7. The average Bonchev–Trinajstić information content (AvgIpc) is 2.66. The lowest BCUT2D eigenvalue weighted by Gasteiger charge is -2.18. The molecule has 0 bridgehead atoms. The average molecular weight is 397 g/mol. The highest BCUT2D eigenvalue weighted by Crippen LogP contribution is 2.30. The van der Waals surface area contributed by atoms with Gasteiger partial charge in [-0.2, -0.15) is 13.2 Å². The van der Waals surface area contributed by atoms with Crippen molar-refractivity contribution in [3.05, 3.63) is 65.2 Å². The summed E-state index contributed by atoms with van der Waals surface area (Å²) in [4.78, 5) is 23.6. The summed E-state index contributed by atoms with van der Waals surface area (Å²) in [5, 5.41) is 21.6. The topological polar surface area (TPSA) is 95.9 Å². The Bertz CT molecular complexity index is 836. The number of carboxylic acid groups (broad SMARTS) is 1. The van der Waals surface area contributed by atoms with Gasteiger partial charge in [-0.15, -0.1) is 0 Å². The second-order valence-corrected chi connectivity index (χ2v) is 5.98. The summed E-state index contributed by atoms with van der Waals surface area (Å²) in [7, 11) is 1.45. The molecule has 0 aliphatic carbocycles. The molecule has 150 valence electrons. The number of aliphatic hydroxyl groups is 1. The number of hydrogen-bond donors (Lipinski definition) is 3. The van der Waals surface area contributed by atoms with Gasteiger partial charge in [0, 0.05) is 6.42 Å². The predicted octanol–water partition coefficient (Wildman–Crippen LogP) is 2.56. The third-order valence-corrected chi connectivity index (χ3v) is 3.99. The summed E-state index contributed by atoms with van der Waals surface area (Å²) in [5.41, 5.74) is -0.433. The van der Waals surface area contributed by atoms with E-state index in [1.54, 1.807) is 24.3 Å². The molecule has 2 atom stereocenters. The number of ether oxygens (including phenoxy) is 1. The molecule has 0 aliphatic heterocycles. The van der Waals surface area contributed by atoms with Crippen LogP contribution in [-0.4, -0.2) is 35.2 Å². The molecule has 2 aromatic rings. The lowest BCUT2D eigenvalue weighted by Crippen LogP contribution is -2.44. The number of rotatable bonds is 7. The number of aliphatic carboxylic acids is 1. The second kappa shape index (κ2) is 8.75. The highest BCUT2D eigenvalue weighted by molar-refractivity contribution is 5.87. The quantitative estimate of drug-likeness (QED) is 0.668. The van der Waals surface area contributed by atoms with Crippen molar-refractivity contribution in [1.29, 1.82) is 0 Å². The van der Waals surface area contributed by atoms with E-state index in [-0.39, 0.29) is 12.0 Å². The largest absolute Gasteiger partial charge is 0.497 e. The van der Waals surface area contributed by atoms with Crippen molar-refractivity contribution in [2.75, 3.05) is 7.11 Å². The minimum Gasteiger partial charge on any atom is -0.497 e. The van der Waals surface area contributed by atoms with Crippen LogP contribution < -0.4 is 10.1 Å². The van der Waals surface area contributed by atoms with Gasteiger partial charge in [0.25, 0.3) is 5.91 Å². The molecule has 0 heterocycles. The van der Waals surface area contributed by atoms with Crippen LogP contribution in [0.25, 0.3) is 0 Å². The van der Waals surface area contributed by atoms with E-state index >= 15 is 0 Å². The summed E-state index contributed by atoms with van der Waals surface area (Å²) in [6.45, 7) is 0. The maximum atomic E-state index is 12.6. The number of carbonyl (C=O) groups is 2. The van der Waals surface area contributed by atoms with E-state index < -0.39 is 35.8 Å². The van der Waals surface area contributed by atoms with Crippen LogP contribution in [0.4, 0.5) is 13.2 Å². The first-order chi connectivity index (χ1) is 13.1. The van der Waals surface area contributed by atoms with E-state index in [4.69, 9.17) is 4.74 Å².